The van der Waals surface area contributed by atoms with E-state index in [9.17, 15) is 4.79 Å². The zero-order valence-electron chi connectivity index (χ0n) is 20.4. The summed E-state index contributed by atoms with van der Waals surface area (Å²) in [7, 11) is 2.17. The van der Waals surface area contributed by atoms with E-state index in [1.165, 1.54) is 0 Å². The quantitative estimate of drug-likeness (QED) is 0.479. The third-order valence-electron chi connectivity index (χ3n) is 8.00. The van der Waals surface area contributed by atoms with Crippen LogP contribution in [-0.4, -0.2) is 87.1 Å². The number of aromatic amines is 1. The predicted octanol–water partition coefficient (Wildman–Crippen LogP) is 3.23. The number of amides is 1. The molecule has 0 unspecified atom stereocenters. The molecule has 3 aromatic heterocycles. The summed E-state index contributed by atoms with van der Waals surface area (Å²) in [5, 5.41) is 14.5. The number of nitrogens with zero attached hydrogens (tertiary/aromatic N) is 6. The van der Waals surface area contributed by atoms with Gasteiger partial charge in [0.2, 0.25) is 0 Å². The van der Waals surface area contributed by atoms with Crippen molar-refractivity contribution in [3.63, 3.8) is 0 Å². The Morgan fingerprint density at radius 2 is 1.86 bits per heavy atom. The Labute approximate surface area is 209 Å². The van der Waals surface area contributed by atoms with Gasteiger partial charge in [-0.1, -0.05) is 12.1 Å². The lowest BCUT2D eigenvalue weighted by Crippen LogP contribution is -2.67. The molecule has 36 heavy (non-hydrogen) atoms. The van der Waals surface area contributed by atoms with Crippen LogP contribution in [0.5, 0.6) is 0 Å². The fourth-order valence-electron chi connectivity index (χ4n) is 5.69. The topological polar surface area (TPSA) is 92.2 Å². The second-order valence-electron chi connectivity index (χ2n) is 10.7. The van der Waals surface area contributed by atoms with Gasteiger partial charge in [-0.2, -0.15) is 5.10 Å². The Hall–Kier alpha value is -3.56. The number of hydrogen-bond acceptors (Lipinski definition) is 6. The number of ether oxygens (including phenoxy) is 1. The second-order valence-corrected chi connectivity index (χ2v) is 10.7. The summed E-state index contributed by atoms with van der Waals surface area (Å²) in [6.07, 6.45) is 8.15. The number of likely N-dealkylation sites (tertiary alicyclic amines) is 2. The van der Waals surface area contributed by atoms with E-state index >= 15 is 0 Å². The molecule has 3 fully saturated rings. The van der Waals surface area contributed by atoms with Crippen LogP contribution in [0.3, 0.4) is 0 Å². The average molecular weight is 484 g/mol. The Bertz CT molecular complexity index is 1420. The SMILES string of the molecule is CN1CCC(n2cc(-c3cc4c(-c5ccc(C(=O)N6CC7(COC7)C6)cc5)c[nH]c4nn3)cn2)CC1. The molecule has 1 N–H and O–H groups in total. The molecule has 1 spiro atoms. The van der Waals surface area contributed by atoms with E-state index in [1.54, 1.807) is 0 Å². The molecule has 0 aliphatic carbocycles. The van der Waals surface area contributed by atoms with E-state index in [2.05, 4.69) is 49.2 Å². The Morgan fingerprint density at radius 3 is 2.58 bits per heavy atom. The van der Waals surface area contributed by atoms with E-state index in [-0.39, 0.29) is 11.3 Å². The smallest absolute Gasteiger partial charge is 0.253 e. The first kappa shape index (κ1) is 21.7. The van der Waals surface area contributed by atoms with Gasteiger partial charge in [-0.3, -0.25) is 9.48 Å². The summed E-state index contributed by atoms with van der Waals surface area (Å²) >= 11 is 0. The maximum absolute atomic E-state index is 12.8. The van der Waals surface area contributed by atoms with E-state index in [4.69, 9.17) is 4.74 Å². The number of nitrogens with one attached hydrogen (secondary N) is 1. The molecular formula is C27H29N7O2. The van der Waals surface area contributed by atoms with Crippen molar-refractivity contribution < 1.29 is 9.53 Å². The van der Waals surface area contributed by atoms with Gasteiger partial charge in [0, 0.05) is 47.6 Å². The molecule has 3 saturated heterocycles. The fourth-order valence-corrected chi connectivity index (χ4v) is 5.69. The molecule has 3 aliphatic heterocycles. The van der Waals surface area contributed by atoms with Crippen LogP contribution < -0.4 is 0 Å². The number of carbonyl (C=O) groups is 1. The van der Waals surface area contributed by atoms with Crippen LogP contribution in [0.25, 0.3) is 33.4 Å². The minimum absolute atomic E-state index is 0.0905. The number of carbonyl (C=O) groups excluding carboxylic acids is 1. The van der Waals surface area contributed by atoms with Crippen LogP contribution in [-0.2, 0) is 4.74 Å². The molecule has 184 valence electrons. The minimum atomic E-state index is 0.0905. The molecule has 7 rings (SSSR count). The van der Waals surface area contributed by atoms with Crippen molar-refractivity contribution in [2.75, 3.05) is 46.4 Å². The fraction of sp³-hybridized carbons (Fsp3) is 0.407. The first-order valence-corrected chi connectivity index (χ1v) is 12.6. The third kappa shape index (κ3) is 3.61. The van der Waals surface area contributed by atoms with Crippen LogP contribution in [0.15, 0.2) is 48.9 Å². The van der Waals surface area contributed by atoms with Crippen LogP contribution in [0.1, 0.15) is 29.2 Å². The molecule has 0 atom stereocenters. The van der Waals surface area contributed by atoms with Crippen LogP contribution >= 0.6 is 0 Å². The second kappa shape index (κ2) is 8.25. The normalized spacial score (nSPS) is 20.0. The molecule has 0 saturated carbocycles. The van der Waals surface area contributed by atoms with Gasteiger partial charge in [-0.25, -0.2) is 0 Å². The van der Waals surface area contributed by atoms with E-state index in [1.807, 2.05) is 41.6 Å². The Kier molecular flexibility index (Phi) is 4.97. The summed E-state index contributed by atoms with van der Waals surface area (Å²) in [6.45, 7) is 5.34. The van der Waals surface area contributed by atoms with Gasteiger partial charge in [-0.15, -0.1) is 10.2 Å². The summed E-state index contributed by atoms with van der Waals surface area (Å²) in [4.78, 5) is 20.4. The highest BCUT2D eigenvalue weighted by molar-refractivity contribution is 5.98. The molecular weight excluding hydrogens is 454 g/mol. The van der Waals surface area contributed by atoms with Crippen LogP contribution in [0.2, 0.25) is 0 Å². The highest BCUT2D eigenvalue weighted by Crippen LogP contribution is 2.38. The molecule has 3 aliphatic rings. The first-order valence-electron chi connectivity index (χ1n) is 12.6. The summed E-state index contributed by atoms with van der Waals surface area (Å²) < 4.78 is 7.40. The van der Waals surface area contributed by atoms with Crippen molar-refractivity contribution in [1.29, 1.82) is 0 Å². The summed E-state index contributed by atoms with van der Waals surface area (Å²) in [5.74, 6) is 0.0905. The molecule has 0 bridgehead atoms. The first-order chi connectivity index (χ1) is 17.6. The molecule has 9 nitrogen and oxygen atoms in total. The van der Waals surface area contributed by atoms with Gasteiger partial charge < -0.3 is 19.5 Å². The average Bonchev–Trinajstić information content (AvgIpc) is 3.50. The maximum atomic E-state index is 12.8. The van der Waals surface area contributed by atoms with E-state index < -0.39 is 0 Å². The van der Waals surface area contributed by atoms with Crippen molar-refractivity contribution >= 4 is 16.9 Å². The van der Waals surface area contributed by atoms with E-state index in [0.717, 1.165) is 91.2 Å². The number of fused-ring (bicyclic) bond motifs is 1. The van der Waals surface area contributed by atoms with Crippen LogP contribution in [0.4, 0.5) is 0 Å². The highest BCUT2D eigenvalue weighted by Gasteiger charge is 2.50. The molecule has 1 aromatic carbocycles. The monoisotopic (exact) mass is 483 g/mol. The van der Waals surface area contributed by atoms with Crippen molar-refractivity contribution in [1.82, 2.24) is 34.8 Å². The standard InChI is InChI=1S/C27H29N7O2/c1-32-8-6-21(7-9-32)34-13-20(11-29-34)24-10-22-23(12-28-25(22)31-30-24)18-2-4-19(5-3-18)26(35)33-14-27(15-33)16-36-17-27/h2-5,10-13,21H,6-9,14-17H2,1H3,(H,28,31). The Balaban J connectivity index is 1.12. The number of aromatic nitrogens is 5. The van der Waals surface area contributed by atoms with Crippen molar-refractivity contribution in [2.45, 2.75) is 18.9 Å². The number of piperidine rings is 1. The zero-order valence-corrected chi connectivity index (χ0v) is 20.4. The number of rotatable bonds is 4. The zero-order chi connectivity index (χ0) is 24.3. The van der Waals surface area contributed by atoms with E-state index in [0.29, 0.717) is 6.04 Å². The van der Waals surface area contributed by atoms with Gasteiger partial charge in [0.05, 0.1) is 36.6 Å². The predicted molar refractivity (Wildman–Crippen MR) is 135 cm³/mol. The van der Waals surface area contributed by atoms with Crippen LogP contribution in [0, 0.1) is 5.41 Å². The van der Waals surface area contributed by atoms with Gasteiger partial charge in [-0.05, 0) is 56.7 Å². The lowest BCUT2D eigenvalue weighted by molar-refractivity contribution is -0.176. The maximum Gasteiger partial charge on any atom is 0.253 e. The van der Waals surface area contributed by atoms with Gasteiger partial charge in [0.1, 0.15) is 0 Å². The number of H-pyrrole nitrogens is 1. The lowest BCUT2D eigenvalue weighted by Gasteiger charge is -2.54. The molecule has 9 heteroatoms. The lowest BCUT2D eigenvalue weighted by atomic mass is 9.78. The van der Waals surface area contributed by atoms with Crippen molar-refractivity contribution in [2.24, 2.45) is 5.41 Å². The van der Waals surface area contributed by atoms with Gasteiger partial charge >= 0.3 is 0 Å². The summed E-state index contributed by atoms with van der Waals surface area (Å²) in [6, 6.07) is 10.4. The van der Waals surface area contributed by atoms with Crippen molar-refractivity contribution in [3.05, 3.63) is 54.5 Å². The van der Waals surface area contributed by atoms with Gasteiger partial charge in [0.15, 0.2) is 5.65 Å². The highest BCUT2D eigenvalue weighted by atomic mass is 16.5. The van der Waals surface area contributed by atoms with Crippen molar-refractivity contribution in [3.8, 4) is 22.4 Å². The number of benzene rings is 1. The third-order valence-corrected chi connectivity index (χ3v) is 8.00. The summed E-state index contributed by atoms with van der Waals surface area (Å²) in [5.41, 5.74) is 5.54. The molecule has 1 amide bonds. The molecule has 0 radical (unpaired) electrons. The number of hydrogen-bond donors (Lipinski definition) is 1. The van der Waals surface area contributed by atoms with Gasteiger partial charge in [0.25, 0.3) is 5.91 Å². The Morgan fingerprint density at radius 1 is 1.08 bits per heavy atom. The minimum Gasteiger partial charge on any atom is -0.380 e. The largest absolute Gasteiger partial charge is 0.380 e. The molecule has 6 heterocycles. The molecule has 4 aromatic rings.